The van der Waals surface area contributed by atoms with Crippen molar-refractivity contribution in [1.29, 1.82) is 0 Å². The fourth-order valence-corrected chi connectivity index (χ4v) is 8.71. The van der Waals surface area contributed by atoms with Crippen LogP contribution >= 0.6 is 38.6 Å². The van der Waals surface area contributed by atoms with Crippen LogP contribution in [0.2, 0.25) is 0 Å². The van der Waals surface area contributed by atoms with Gasteiger partial charge in [-0.25, -0.2) is 4.98 Å². The molecule has 0 atom stereocenters. The van der Waals surface area contributed by atoms with Crippen LogP contribution in [0.3, 0.4) is 0 Å². The van der Waals surface area contributed by atoms with Gasteiger partial charge in [0, 0.05) is 67.4 Å². The molecule has 0 fully saturated rings. The minimum absolute atomic E-state index is 0.628. The number of benzene rings is 6. The van der Waals surface area contributed by atoms with Crippen molar-refractivity contribution < 1.29 is 4.42 Å². The highest BCUT2D eigenvalue weighted by molar-refractivity contribution is 9.10. The SMILES string of the molecule is Brc1ccc2c(c1)sc1cc(N(c3ccc(-c4nc5ccccc5o4)cc3)c3ccc4sc5ccccc5c4c3)ccc12. The van der Waals surface area contributed by atoms with Crippen molar-refractivity contribution in [3.8, 4) is 11.5 Å². The van der Waals surface area contributed by atoms with E-state index < -0.39 is 0 Å². The van der Waals surface area contributed by atoms with E-state index in [4.69, 9.17) is 9.40 Å². The third kappa shape index (κ3) is 4.17. The van der Waals surface area contributed by atoms with Crippen LogP contribution < -0.4 is 4.90 Å². The van der Waals surface area contributed by atoms with Crippen molar-refractivity contribution in [3.05, 3.63) is 132 Å². The van der Waals surface area contributed by atoms with E-state index in [1.807, 2.05) is 46.9 Å². The highest BCUT2D eigenvalue weighted by Gasteiger charge is 2.17. The van der Waals surface area contributed by atoms with Gasteiger partial charge in [0.15, 0.2) is 5.58 Å². The number of oxazole rings is 1. The fraction of sp³-hybridized carbons (Fsp3) is 0. The molecule has 9 aromatic rings. The van der Waals surface area contributed by atoms with E-state index in [2.05, 4.69) is 124 Å². The maximum Gasteiger partial charge on any atom is 0.227 e. The molecule has 9 rings (SSSR count). The topological polar surface area (TPSA) is 29.3 Å². The van der Waals surface area contributed by atoms with Crippen molar-refractivity contribution in [2.24, 2.45) is 0 Å². The number of aromatic nitrogens is 1. The summed E-state index contributed by atoms with van der Waals surface area (Å²) in [5, 5.41) is 5.14. The summed E-state index contributed by atoms with van der Waals surface area (Å²) in [7, 11) is 0. The normalized spacial score (nSPS) is 11.8. The molecule has 3 aromatic heterocycles. The molecular weight excluding hydrogens is 632 g/mol. The number of rotatable bonds is 4. The van der Waals surface area contributed by atoms with Gasteiger partial charge in [-0.2, -0.15) is 0 Å². The second-order valence-electron chi connectivity index (χ2n) is 10.6. The summed E-state index contributed by atoms with van der Waals surface area (Å²) in [5.41, 5.74) is 5.92. The van der Waals surface area contributed by atoms with Crippen molar-refractivity contribution in [1.82, 2.24) is 4.98 Å². The second kappa shape index (κ2) is 9.78. The lowest BCUT2D eigenvalue weighted by molar-refractivity contribution is 0.620. The maximum absolute atomic E-state index is 6.06. The van der Waals surface area contributed by atoms with Crippen LogP contribution in [0.25, 0.3) is 62.9 Å². The molecule has 6 aromatic carbocycles. The Morgan fingerprint density at radius 2 is 1.19 bits per heavy atom. The molecule has 204 valence electrons. The molecule has 3 heterocycles. The molecule has 0 aliphatic heterocycles. The molecule has 0 amide bonds. The summed E-state index contributed by atoms with van der Waals surface area (Å²) in [6.07, 6.45) is 0. The number of halogens is 1. The van der Waals surface area contributed by atoms with Crippen molar-refractivity contribution in [3.63, 3.8) is 0 Å². The molecule has 0 saturated carbocycles. The number of para-hydroxylation sites is 2. The van der Waals surface area contributed by atoms with E-state index in [-0.39, 0.29) is 0 Å². The molecule has 43 heavy (non-hydrogen) atoms. The third-order valence-corrected chi connectivity index (χ3v) is 10.7. The Kier molecular flexibility index (Phi) is 5.70. The fourth-order valence-electron chi connectivity index (χ4n) is 5.93. The van der Waals surface area contributed by atoms with Crippen molar-refractivity contribution in [2.75, 3.05) is 4.90 Å². The first kappa shape index (κ1) is 25.0. The number of nitrogens with zero attached hydrogens (tertiary/aromatic N) is 2. The van der Waals surface area contributed by atoms with E-state index in [0.717, 1.165) is 38.2 Å². The molecule has 0 spiro atoms. The lowest BCUT2D eigenvalue weighted by atomic mass is 10.1. The monoisotopic (exact) mass is 652 g/mol. The molecule has 0 unspecified atom stereocenters. The van der Waals surface area contributed by atoms with Gasteiger partial charge in [-0.05, 0) is 84.9 Å². The van der Waals surface area contributed by atoms with Crippen molar-refractivity contribution in [2.45, 2.75) is 0 Å². The smallest absolute Gasteiger partial charge is 0.227 e. The average molecular weight is 654 g/mol. The average Bonchev–Trinajstić information content (AvgIpc) is 3.74. The van der Waals surface area contributed by atoms with Gasteiger partial charge < -0.3 is 9.32 Å². The highest BCUT2D eigenvalue weighted by atomic mass is 79.9. The van der Waals surface area contributed by atoms with Gasteiger partial charge in [-0.1, -0.05) is 58.4 Å². The van der Waals surface area contributed by atoms with E-state index in [9.17, 15) is 0 Å². The summed E-state index contributed by atoms with van der Waals surface area (Å²) < 4.78 is 12.3. The van der Waals surface area contributed by atoms with Crippen LogP contribution in [0.15, 0.2) is 136 Å². The van der Waals surface area contributed by atoms with E-state index in [1.54, 1.807) is 0 Å². The Morgan fingerprint density at radius 1 is 0.535 bits per heavy atom. The van der Waals surface area contributed by atoms with Crippen LogP contribution in [0, 0.1) is 0 Å². The number of fused-ring (bicyclic) bond motifs is 7. The Balaban J connectivity index is 1.21. The molecule has 0 radical (unpaired) electrons. The van der Waals surface area contributed by atoms with Gasteiger partial charge in [0.2, 0.25) is 5.89 Å². The van der Waals surface area contributed by atoms with Gasteiger partial charge in [-0.3, -0.25) is 0 Å². The van der Waals surface area contributed by atoms with Crippen molar-refractivity contribution >= 4 is 107 Å². The van der Waals surface area contributed by atoms with Gasteiger partial charge in [0.25, 0.3) is 0 Å². The summed E-state index contributed by atoms with van der Waals surface area (Å²) in [4.78, 5) is 7.06. The second-order valence-corrected chi connectivity index (χ2v) is 13.7. The Morgan fingerprint density at radius 3 is 2.07 bits per heavy atom. The number of hydrogen-bond acceptors (Lipinski definition) is 5. The first-order chi connectivity index (χ1) is 21.2. The predicted molar refractivity (Wildman–Crippen MR) is 188 cm³/mol. The summed E-state index contributed by atoms with van der Waals surface area (Å²) in [6.45, 7) is 0. The first-order valence-corrected chi connectivity index (χ1v) is 16.4. The molecular formula is C37H21BrN2OS2. The van der Waals surface area contributed by atoms with Gasteiger partial charge in [0.05, 0.1) is 0 Å². The predicted octanol–water partition coefficient (Wildman–Crippen LogP) is 12.5. The molecule has 3 nitrogen and oxygen atoms in total. The van der Waals surface area contributed by atoms with Crippen LogP contribution in [0.4, 0.5) is 17.1 Å². The lowest BCUT2D eigenvalue weighted by Gasteiger charge is -2.26. The minimum atomic E-state index is 0.628. The van der Waals surface area contributed by atoms with Crippen LogP contribution in [0.1, 0.15) is 0 Å². The van der Waals surface area contributed by atoms with Crippen LogP contribution in [-0.2, 0) is 0 Å². The number of anilines is 3. The Hall–Kier alpha value is -4.49. The minimum Gasteiger partial charge on any atom is -0.436 e. The zero-order valence-corrected chi connectivity index (χ0v) is 25.8. The van der Waals surface area contributed by atoms with Gasteiger partial charge in [0.1, 0.15) is 5.52 Å². The molecule has 0 N–H and O–H groups in total. The third-order valence-electron chi connectivity index (χ3n) is 7.96. The maximum atomic E-state index is 6.06. The Bertz CT molecular complexity index is 2460. The Labute approximate surface area is 263 Å². The standard InChI is InChI=1S/C37H21BrN2OS2/c38-23-11-16-28-29-17-14-26(21-36(29)43-35(28)19-23)40(25-15-18-34-30(20-25)27-5-1-4-8-33(27)42-34)24-12-9-22(10-13-24)37-39-31-6-2-3-7-32(31)41-37/h1-21H. The zero-order valence-electron chi connectivity index (χ0n) is 22.6. The van der Waals surface area contributed by atoms with E-state index in [1.165, 1.54) is 40.3 Å². The molecule has 0 saturated heterocycles. The summed E-state index contributed by atoms with van der Waals surface area (Å²) in [5.74, 6) is 0.628. The molecule has 6 heteroatoms. The van der Waals surface area contributed by atoms with E-state index in [0.29, 0.717) is 5.89 Å². The highest BCUT2D eigenvalue weighted by Crippen LogP contribution is 2.43. The molecule has 0 aliphatic carbocycles. The molecule has 0 aliphatic rings. The quantitative estimate of drug-likeness (QED) is 0.189. The zero-order chi connectivity index (χ0) is 28.5. The summed E-state index contributed by atoms with van der Waals surface area (Å²) in [6, 6.07) is 45.2. The van der Waals surface area contributed by atoms with Crippen LogP contribution in [-0.4, -0.2) is 4.98 Å². The van der Waals surface area contributed by atoms with E-state index >= 15 is 0 Å². The van der Waals surface area contributed by atoms with Gasteiger partial charge >= 0.3 is 0 Å². The number of thiophene rings is 2. The largest absolute Gasteiger partial charge is 0.436 e. The van der Waals surface area contributed by atoms with Crippen LogP contribution in [0.5, 0.6) is 0 Å². The van der Waals surface area contributed by atoms with Gasteiger partial charge in [-0.15, -0.1) is 22.7 Å². The lowest BCUT2D eigenvalue weighted by Crippen LogP contribution is -2.09. The first-order valence-electron chi connectivity index (χ1n) is 14.0. The number of hydrogen-bond donors (Lipinski definition) is 0. The molecule has 0 bridgehead atoms. The summed E-state index contributed by atoms with van der Waals surface area (Å²) >= 11 is 7.31.